The molecule has 1 aromatic heterocycles. The Labute approximate surface area is 93.5 Å². The van der Waals surface area contributed by atoms with Gasteiger partial charge in [-0.05, 0) is 11.4 Å². The van der Waals surface area contributed by atoms with E-state index in [9.17, 15) is 4.79 Å². The summed E-state index contributed by atoms with van der Waals surface area (Å²) in [7, 11) is 6.40. The van der Waals surface area contributed by atoms with Crippen molar-refractivity contribution in [1.82, 2.24) is 0 Å². The second-order valence-corrected chi connectivity index (χ2v) is 6.01. The Hall–Kier alpha value is -0.320. The fourth-order valence-electron chi connectivity index (χ4n) is 0.876. The Morgan fingerprint density at radius 3 is 2.71 bits per heavy atom. The van der Waals surface area contributed by atoms with Crippen LogP contribution in [0.4, 0.5) is 0 Å². The lowest BCUT2D eigenvalue weighted by Gasteiger charge is -2.23. The second kappa shape index (κ2) is 4.96. The minimum absolute atomic E-state index is 0.194. The SMILES string of the molecule is C[N+](C)(C)CCSC(=O)c1ccsc1. The van der Waals surface area contributed by atoms with E-state index in [0.29, 0.717) is 0 Å². The fourth-order valence-corrected chi connectivity index (χ4v) is 2.70. The maximum Gasteiger partial charge on any atom is 0.220 e. The van der Waals surface area contributed by atoms with Crippen LogP contribution >= 0.6 is 23.1 Å². The summed E-state index contributed by atoms with van der Waals surface area (Å²) < 4.78 is 0.907. The molecule has 0 radical (unpaired) electrons. The first-order valence-corrected chi connectivity index (χ1v) is 6.42. The average molecular weight is 230 g/mol. The third-order valence-corrected chi connectivity index (χ3v) is 3.32. The minimum atomic E-state index is 0.194. The Morgan fingerprint density at radius 1 is 1.50 bits per heavy atom. The van der Waals surface area contributed by atoms with Gasteiger partial charge in [0.15, 0.2) is 0 Å². The summed E-state index contributed by atoms with van der Waals surface area (Å²) in [6.07, 6.45) is 0. The molecule has 0 unspecified atom stereocenters. The summed E-state index contributed by atoms with van der Waals surface area (Å²) in [4.78, 5) is 11.6. The van der Waals surface area contributed by atoms with E-state index < -0.39 is 0 Å². The van der Waals surface area contributed by atoms with Crippen LogP contribution in [0.25, 0.3) is 0 Å². The third-order valence-electron chi connectivity index (χ3n) is 1.75. The predicted octanol–water partition coefficient (Wildman–Crippen LogP) is 2.33. The van der Waals surface area contributed by atoms with Crippen molar-refractivity contribution in [2.24, 2.45) is 0 Å². The molecular weight excluding hydrogens is 214 g/mol. The van der Waals surface area contributed by atoms with Gasteiger partial charge in [0.2, 0.25) is 5.12 Å². The number of hydrogen-bond donors (Lipinski definition) is 0. The standard InChI is InChI=1S/C10H16NOS2/c1-11(2,3)5-7-14-10(12)9-4-6-13-8-9/h4,6,8H,5,7H2,1-3H3/q+1. The van der Waals surface area contributed by atoms with Crippen molar-refractivity contribution in [1.29, 1.82) is 0 Å². The zero-order valence-electron chi connectivity index (χ0n) is 8.82. The molecule has 14 heavy (non-hydrogen) atoms. The van der Waals surface area contributed by atoms with Crippen LogP contribution in [0.5, 0.6) is 0 Å². The molecule has 0 aliphatic heterocycles. The van der Waals surface area contributed by atoms with Crippen molar-refractivity contribution in [2.75, 3.05) is 33.4 Å². The number of carbonyl (C=O) groups is 1. The van der Waals surface area contributed by atoms with Gasteiger partial charge >= 0.3 is 0 Å². The zero-order valence-corrected chi connectivity index (χ0v) is 10.5. The predicted molar refractivity (Wildman–Crippen MR) is 64.0 cm³/mol. The summed E-state index contributed by atoms with van der Waals surface area (Å²) >= 11 is 2.98. The Morgan fingerprint density at radius 2 is 2.21 bits per heavy atom. The second-order valence-electron chi connectivity index (χ2n) is 4.16. The smallest absolute Gasteiger partial charge is 0.220 e. The highest BCUT2D eigenvalue weighted by atomic mass is 32.2. The molecule has 2 nitrogen and oxygen atoms in total. The Bertz CT molecular complexity index is 288. The van der Waals surface area contributed by atoms with E-state index in [-0.39, 0.29) is 5.12 Å². The highest BCUT2D eigenvalue weighted by Gasteiger charge is 2.10. The monoisotopic (exact) mass is 230 g/mol. The maximum absolute atomic E-state index is 11.6. The Balaban J connectivity index is 2.30. The van der Waals surface area contributed by atoms with Crippen LogP contribution in [0, 0.1) is 0 Å². The lowest BCUT2D eigenvalue weighted by atomic mass is 10.4. The first kappa shape index (κ1) is 11.8. The van der Waals surface area contributed by atoms with E-state index in [4.69, 9.17) is 0 Å². The van der Waals surface area contributed by atoms with E-state index in [1.54, 1.807) is 11.3 Å². The minimum Gasteiger partial charge on any atom is -0.330 e. The number of thiophene rings is 1. The van der Waals surface area contributed by atoms with Gasteiger partial charge in [-0.3, -0.25) is 4.79 Å². The quantitative estimate of drug-likeness (QED) is 0.739. The van der Waals surface area contributed by atoms with Gasteiger partial charge in [-0.15, -0.1) is 0 Å². The molecule has 0 aliphatic rings. The molecule has 0 spiro atoms. The van der Waals surface area contributed by atoms with Crippen LogP contribution < -0.4 is 0 Å². The zero-order chi connectivity index (χ0) is 10.6. The van der Waals surface area contributed by atoms with Crippen molar-refractivity contribution in [2.45, 2.75) is 0 Å². The summed E-state index contributed by atoms with van der Waals surface area (Å²) in [6.45, 7) is 1.01. The first-order chi connectivity index (χ1) is 6.49. The highest BCUT2D eigenvalue weighted by Crippen LogP contribution is 2.15. The van der Waals surface area contributed by atoms with E-state index in [0.717, 1.165) is 22.3 Å². The molecule has 0 amide bonds. The van der Waals surface area contributed by atoms with E-state index in [1.165, 1.54) is 11.8 Å². The van der Waals surface area contributed by atoms with Gasteiger partial charge in [-0.1, -0.05) is 11.8 Å². The molecule has 0 atom stereocenters. The molecule has 0 aromatic carbocycles. The number of nitrogens with zero attached hydrogens (tertiary/aromatic N) is 1. The van der Waals surface area contributed by atoms with Gasteiger partial charge in [-0.25, -0.2) is 0 Å². The van der Waals surface area contributed by atoms with Crippen molar-refractivity contribution >= 4 is 28.2 Å². The van der Waals surface area contributed by atoms with Gasteiger partial charge in [0.1, 0.15) is 0 Å². The highest BCUT2D eigenvalue weighted by molar-refractivity contribution is 8.14. The number of rotatable bonds is 4. The van der Waals surface area contributed by atoms with Crippen LogP contribution in [-0.2, 0) is 0 Å². The Kier molecular flexibility index (Phi) is 4.16. The summed E-state index contributed by atoms with van der Waals surface area (Å²) in [5.41, 5.74) is 0.835. The lowest BCUT2D eigenvalue weighted by molar-refractivity contribution is -0.867. The van der Waals surface area contributed by atoms with Crippen LogP contribution in [0.15, 0.2) is 16.8 Å². The van der Waals surface area contributed by atoms with Crippen LogP contribution in [0.2, 0.25) is 0 Å². The molecular formula is C10H16NOS2+. The molecule has 0 fully saturated rings. The summed E-state index contributed by atoms with van der Waals surface area (Å²) in [5, 5.41) is 4.04. The molecule has 1 heterocycles. The summed E-state index contributed by atoms with van der Waals surface area (Å²) in [5.74, 6) is 0.887. The van der Waals surface area contributed by atoms with Gasteiger partial charge in [0.25, 0.3) is 0 Å². The number of thioether (sulfide) groups is 1. The topological polar surface area (TPSA) is 17.1 Å². The van der Waals surface area contributed by atoms with E-state index in [1.807, 2.05) is 16.8 Å². The normalized spacial score (nSPS) is 11.6. The van der Waals surface area contributed by atoms with Gasteiger partial charge in [0, 0.05) is 10.9 Å². The molecule has 0 N–H and O–H groups in total. The van der Waals surface area contributed by atoms with Crippen LogP contribution in [-0.4, -0.2) is 43.0 Å². The first-order valence-electron chi connectivity index (χ1n) is 4.49. The third kappa shape index (κ3) is 4.26. The molecule has 0 saturated carbocycles. The van der Waals surface area contributed by atoms with E-state index >= 15 is 0 Å². The van der Waals surface area contributed by atoms with Gasteiger partial charge < -0.3 is 4.48 Å². The van der Waals surface area contributed by atoms with E-state index in [2.05, 4.69) is 21.1 Å². The fraction of sp³-hybridized carbons (Fsp3) is 0.500. The van der Waals surface area contributed by atoms with Crippen molar-refractivity contribution < 1.29 is 9.28 Å². The molecule has 0 bridgehead atoms. The molecule has 1 aromatic rings. The number of carbonyl (C=O) groups excluding carboxylic acids is 1. The lowest BCUT2D eigenvalue weighted by Crippen LogP contribution is -2.36. The van der Waals surface area contributed by atoms with Gasteiger partial charge in [0.05, 0.1) is 33.4 Å². The van der Waals surface area contributed by atoms with Gasteiger partial charge in [-0.2, -0.15) is 11.3 Å². The van der Waals surface area contributed by atoms with Crippen molar-refractivity contribution in [3.05, 3.63) is 22.4 Å². The average Bonchev–Trinajstić information content (AvgIpc) is 2.53. The van der Waals surface area contributed by atoms with Crippen LogP contribution in [0.1, 0.15) is 10.4 Å². The molecule has 1 rings (SSSR count). The van der Waals surface area contributed by atoms with Crippen molar-refractivity contribution in [3.8, 4) is 0 Å². The summed E-state index contributed by atoms with van der Waals surface area (Å²) in [6, 6.07) is 1.88. The molecule has 0 saturated heterocycles. The van der Waals surface area contributed by atoms with Crippen LogP contribution in [0.3, 0.4) is 0 Å². The molecule has 78 valence electrons. The number of quaternary nitrogens is 1. The van der Waals surface area contributed by atoms with Crippen molar-refractivity contribution in [3.63, 3.8) is 0 Å². The molecule has 0 aliphatic carbocycles. The number of hydrogen-bond acceptors (Lipinski definition) is 3. The molecule has 4 heteroatoms. The largest absolute Gasteiger partial charge is 0.330 e. The maximum atomic E-state index is 11.6.